The molecule has 30 heavy (non-hydrogen) atoms. The number of para-hydroxylation sites is 1. The minimum atomic E-state index is -3.55. The number of piperidine rings is 1. The molecule has 0 radical (unpaired) electrons. The van der Waals surface area contributed by atoms with Gasteiger partial charge in [-0.1, -0.05) is 36.4 Å². The van der Waals surface area contributed by atoms with Crippen molar-refractivity contribution in [1.82, 2.24) is 9.62 Å². The molecule has 3 aromatic rings. The first-order valence-corrected chi connectivity index (χ1v) is 11.3. The van der Waals surface area contributed by atoms with Crippen molar-refractivity contribution in [2.45, 2.75) is 17.7 Å². The largest absolute Gasteiger partial charge is 0.452 e. The maximum absolute atomic E-state index is 12.6. The monoisotopic (exact) mass is 426 g/mol. The molecule has 0 spiro atoms. The Morgan fingerprint density at radius 3 is 2.37 bits per heavy atom. The molecule has 1 N–H and O–H groups in total. The first kappa shape index (κ1) is 20.3. The molecular formula is C22H22N2O5S. The molecule has 1 aromatic heterocycles. The van der Waals surface area contributed by atoms with Gasteiger partial charge in [0.1, 0.15) is 5.58 Å². The second-order valence-corrected chi connectivity index (χ2v) is 9.15. The molecule has 1 aliphatic heterocycles. The lowest BCUT2D eigenvalue weighted by Crippen LogP contribution is -2.44. The van der Waals surface area contributed by atoms with E-state index < -0.39 is 21.7 Å². The number of nitrogens with zero attached hydrogens (tertiary/aromatic N) is 1. The van der Waals surface area contributed by atoms with Crippen LogP contribution < -0.4 is 4.72 Å². The Bertz CT molecular complexity index is 1130. The average Bonchev–Trinajstić information content (AvgIpc) is 3.22. The van der Waals surface area contributed by atoms with Crippen LogP contribution in [-0.2, 0) is 14.8 Å². The molecule has 156 valence electrons. The molecule has 0 bridgehead atoms. The van der Waals surface area contributed by atoms with Crippen LogP contribution in [0.4, 0.5) is 0 Å². The summed E-state index contributed by atoms with van der Waals surface area (Å²) >= 11 is 0. The summed E-state index contributed by atoms with van der Waals surface area (Å²) in [5.74, 6) is -1.10. The quantitative estimate of drug-likeness (QED) is 0.483. The van der Waals surface area contributed by atoms with Gasteiger partial charge < -0.3 is 9.32 Å². The highest BCUT2D eigenvalue weighted by atomic mass is 32.2. The highest BCUT2D eigenvalue weighted by Gasteiger charge is 2.30. The van der Waals surface area contributed by atoms with Crippen molar-refractivity contribution in [3.63, 3.8) is 0 Å². The van der Waals surface area contributed by atoms with Gasteiger partial charge in [0, 0.05) is 25.0 Å². The van der Waals surface area contributed by atoms with Crippen LogP contribution in [0.2, 0.25) is 0 Å². The zero-order chi connectivity index (χ0) is 21.1. The van der Waals surface area contributed by atoms with Gasteiger partial charge in [0.05, 0.1) is 4.90 Å². The number of hydrogen-bond acceptors (Lipinski definition) is 5. The fourth-order valence-corrected chi connectivity index (χ4v) is 4.73. The lowest BCUT2D eigenvalue weighted by Gasteiger charge is -2.31. The van der Waals surface area contributed by atoms with E-state index >= 15 is 0 Å². The third-order valence-electron chi connectivity index (χ3n) is 5.36. The second-order valence-electron chi connectivity index (χ2n) is 7.38. The minimum absolute atomic E-state index is 0.0407. The van der Waals surface area contributed by atoms with Gasteiger partial charge >= 0.3 is 0 Å². The molecule has 0 saturated carbocycles. The van der Waals surface area contributed by atoms with Crippen molar-refractivity contribution >= 4 is 32.7 Å². The number of ketones is 1. The van der Waals surface area contributed by atoms with Gasteiger partial charge in [-0.15, -0.1) is 0 Å². The van der Waals surface area contributed by atoms with Gasteiger partial charge in [0.15, 0.2) is 5.76 Å². The number of amides is 1. The number of carbonyl (C=O) groups is 2. The minimum Gasteiger partial charge on any atom is -0.452 e. The van der Waals surface area contributed by atoms with E-state index in [0.29, 0.717) is 38.1 Å². The van der Waals surface area contributed by atoms with Crippen LogP contribution in [0.1, 0.15) is 23.4 Å². The van der Waals surface area contributed by atoms with Gasteiger partial charge in [-0.3, -0.25) is 9.59 Å². The van der Waals surface area contributed by atoms with E-state index in [4.69, 9.17) is 4.42 Å². The summed E-state index contributed by atoms with van der Waals surface area (Å²) in [5, 5.41) is 0.776. The topological polar surface area (TPSA) is 96.7 Å². The Hall–Kier alpha value is -2.97. The Morgan fingerprint density at radius 1 is 1.00 bits per heavy atom. The summed E-state index contributed by atoms with van der Waals surface area (Å²) in [7, 11) is -3.55. The van der Waals surface area contributed by atoms with Crippen molar-refractivity contribution in [3.05, 3.63) is 66.4 Å². The van der Waals surface area contributed by atoms with E-state index in [-0.39, 0.29) is 16.6 Å². The summed E-state index contributed by atoms with van der Waals surface area (Å²) in [6.45, 7) is 1.11. The molecular weight excluding hydrogens is 404 g/mol. The predicted octanol–water partition coefficient (Wildman–Crippen LogP) is 2.83. The molecule has 2 heterocycles. The summed E-state index contributed by atoms with van der Waals surface area (Å²) < 4.78 is 32.8. The average molecular weight is 426 g/mol. The molecule has 1 fully saturated rings. The maximum atomic E-state index is 12.6. The lowest BCUT2D eigenvalue weighted by atomic mass is 9.97. The molecule has 8 heteroatoms. The molecule has 0 atom stereocenters. The van der Waals surface area contributed by atoms with Crippen molar-refractivity contribution in [2.24, 2.45) is 5.92 Å². The number of Topliss-reactive ketones (excluding diaryl/α,β-unsaturated/α-hetero) is 1. The van der Waals surface area contributed by atoms with Crippen LogP contribution in [-0.4, -0.2) is 44.6 Å². The molecule has 0 unspecified atom stereocenters. The van der Waals surface area contributed by atoms with Crippen LogP contribution in [0, 0.1) is 5.92 Å². The molecule has 1 amide bonds. The van der Waals surface area contributed by atoms with Crippen LogP contribution in [0.3, 0.4) is 0 Å². The number of benzene rings is 2. The predicted molar refractivity (Wildman–Crippen MR) is 111 cm³/mol. The highest BCUT2D eigenvalue weighted by Crippen LogP contribution is 2.22. The summed E-state index contributed by atoms with van der Waals surface area (Å²) in [4.78, 5) is 26.9. The number of hydrogen-bond donors (Lipinski definition) is 1. The van der Waals surface area contributed by atoms with Crippen LogP contribution in [0.5, 0.6) is 0 Å². The summed E-state index contributed by atoms with van der Waals surface area (Å²) in [6, 6.07) is 17.0. The van der Waals surface area contributed by atoms with Gasteiger partial charge in [-0.05, 0) is 43.0 Å². The molecule has 2 aromatic carbocycles. The van der Waals surface area contributed by atoms with E-state index in [1.165, 1.54) is 4.90 Å². The SMILES string of the molecule is O=C(C(=O)N1CCC(CNS(=O)(=O)c2ccccc2)CC1)c1cc2ccccc2o1. The first-order chi connectivity index (χ1) is 14.4. The molecule has 7 nitrogen and oxygen atoms in total. The van der Waals surface area contributed by atoms with Gasteiger partial charge in [0.2, 0.25) is 10.0 Å². The van der Waals surface area contributed by atoms with E-state index in [1.807, 2.05) is 12.1 Å². The highest BCUT2D eigenvalue weighted by molar-refractivity contribution is 7.89. The Balaban J connectivity index is 1.31. The fourth-order valence-electron chi connectivity index (χ4n) is 3.59. The van der Waals surface area contributed by atoms with E-state index in [0.717, 1.165) is 5.39 Å². The van der Waals surface area contributed by atoms with Crippen LogP contribution >= 0.6 is 0 Å². The molecule has 0 aliphatic carbocycles. The number of likely N-dealkylation sites (tertiary alicyclic amines) is 1. The van der Waals surface area contributed by atoms with Crippen molar-refractivity contribution in [3.8, 4) is 0 Å². The number of furan rings is 1. The standard InChI is InChI=1S/C22H22N2O5S/c25-21(20-14-17-6-4-5-9-19(17)29-20)22(26)24-12-10-16(11-13-24)15-23-30(27,28)18-7-2-1-3-8-18/h1-9,14,16,23H,10-13,15H2. The van der Waals surface area contributed by atoms with Gasteiger partial charge in [-0.25, -0.2) is 13.1 Å². The third kappa shape index (κ3) is 4.29. The Labute approximate surface area is 174 Å². The number of sulfonamides is 1. The number of rotatable bonds is 6. The normalized spacial score (nSPS) is 15.4. The van der Waals surface area contributed by atoms with Gasteiger partial charge in [0.25, 0.3) is 11.7 Å². The second kappa shape index (κ2) is 8.41. The fraction of sp³-hybridized carbons (Fsp3) is 0.273. The molecule has 1 aliphatic rings. The molecule has 4 rings (SSSR count). The number of fused-ring (bicyclic) bond motifs is 1. The maximum Gasteiger partial charge on any atom is 0.298 e. The van der Waals surface area contributed by atoms with Crippen LogP contribution in [0.25, 0.3) is 11.0 Å². The van der Waals surface area contributed by atoms with Crippen LogP contribution in [0.15, 0.2) is 70.0 Å². The summed E-state index contributed by atoms with van der Waals surface area (Å²) in [5.41, 5.74) is 0.568. The Kier molecular flexibility index (Phi) is 5.69. The van der Waals surface area contributed by atoms with Crippen molar-refractivity contribution in [1.29, 1.82) is 0 Å². The third-order valence-corrected chi connectivity index (χ3v) is 6.80. The molecule has 1 saturated heterocycles. The summed E-state index contributed by atoms with van der Waals surface area (Å²) in [6.07, 6.45) is 1.24. The van der Waals surface area contributed by atoms with E-state index in [9.17, 15) is 18.0 Å². The zero-order valence-corrected chi connectivity index (χ0v) is 17.1. The van der Waals surface area contributed by atoms with E-state index in [1.54, 1.807) is 48.5 Å². The number of nitrogens with one attached hydrogen (secondary N) is 1. The van der Waals surface area contributed by atoms with E-state index in [2.05, 4.69) is 4.72 Å². The zero-order valence-electron chi connectivity index (χ0n) is 16.3. The van der Waals surface area contributed by atoms with Gasteiger partial charge in [-0.2, -0.15) is 0 Å². The lowest BCUT2D eigenvalue weighted by molar-refractivity contribution is -0.127. The Morgan fingerprint density at radius 2 is 1.67 bits per heavy atom. The first-order valence-electron chi connectivity index (χ1n) is 9.81. The number of carbonyl (C=O) groups excluding carboxylic acids is 2. The van der Waals surface area contributed by atoms with Crippen molar-refractivity contribution < 1.29 is 22.4 Å². The smallest absolute Gasteiger partial charge is 0.298 e. The van der Waals surface area contributed by atoms with Crippen molar-refractivity contribution in [2.75, 3.05) is 19.6 Å².